The Morgan fingerprint density at radius 1 is 1.28 bits per heavy atom. The highest BCUT2D eigenvalue weighted by molar-refractivity contribution is 5.60. The van der Waals surface area contributed by atoms with Gasteiger partial charge in [0.15, 0.2) is 0 Å². The number of aromatic nitrogens is 2. The molecule has 2 aromatic rings. The van der Waals surface area contributed by atoms with E-state index >= 15 is 0 Å². The molecule has 5 heteroatoms. The number of hydrogen-bond donors (Lipinski definition) is 2. The standard InChI is InChI=1S/C13H15N3O2/c1-8(2)18-10-5-3-9(4-6-10)11-7-12(17)16-13(14)15-11/h3-8H,1-2H3,(H3,14,15,16,17). The second-order valence-electron chi connectivity index (χ2n) is 4.21. The van der Waals surface area contributed by atoms with Gasteiger partial charge in [0.2, 0.25) is 5.95 Å². The van der Waals surface area contributed by atoms with Crippen molar-refractivity contribution in [1.82, 2.24) is 9.97 Å². The van der Waals surface area contributed by atoms with Crippen molar-refractivity contribution < 1.29 is 4.74 Å². The maximum absolute atomic E-state index is 11.3. The molecule has 0 amide bonds. The smallest absolute Gasteiger partial charge is 0.252 e. The van der Waals surface area contributed by atoms with Gasteiger partial charge in [0.1, 0.15) is 5.75 Å². The quantitative estimate of drug-likeness (QED) is 0.864. The number of nitrogen functional groups attached to an aromatic ring is 1. The second-order valence-corrected chi connectivity index (χ2v) is 4.21. The summed E-state index contributed by atoms with van der Waals surface area (Å²) in [7, 11) is 0. The number of ether oxygens (including phenoxy) is 1. The van der Waals surface area contributed by atoms with Gasteiger partial charge in [0, 0.05) is 11.6 Å². The van der Waals surface area contributed by atoms with Crippen LogP contribution in [0.5, 0.6) is 5.75 Å². The van der Waals surface area contributed by atoms with Crippen molar-refractivity contribution in [2.75, 3.05) is 5.73 Å². The molecular formula is C13H15N3O2. The Bertz CT molecular complexity index is 588. The second kappa shape index (κ2) is 4.91. The molecule has 2 rings (SSSR count). The third kappa shape index (κ3) is 2.88. The average molecular weight is 245 g/mol. The molecule has 0 unspecified atom stereocenters. The number of hydrogen-bond acceptors (Lipinski definition) is 4. The molecule has 1 aromatic heterocycles. The van der Waals surface area contributed by atoms with Crippen molar-refractivity contribution in [1.29, 1.82) is 0 Å². The Morgan fingerprint density at radius 3 is 2.50 bits per heavy atom. The minimum atomic E-state index is -0.264. The number of H-pyrrole nitrogens is 1. The van der Waals surface area contributed by atoms with Crippen molar-refractivity contribution in [3.05, 3.63) is 40.7 Å². The fraction of sp³-hybridized carbons (Fsp3) is 0.231. The summed E-state index contributed by atoms with van der Waals surface area (Å²) in [5, 5.41) is 0. The molecule has 0 radical (unpaired) electrons. The van der Waals surface area contributed by atoms with Crippen LogP contribution >= 0.6 is 0 Å². The van der Waals surface area contributed by atoms with Crippen LogP contribution in [-0.4, -0.2) is 16.1 Å². The lowest BCUT2D eigenvalue weighted by Gasteiger charge is -2.09. The number of rotatable bonds is 3. The van der Waals surface area contributed by atoms with Gasteiger partial charge in [-0.25, -0.2) is 4.98 Å². The van der Waals surface area contributed by atoms with Gasteiger partial charge in [-0.05, 0) is 38.1 Å². The van der Waals surface area contributed by atoms with E-state index in [1.165, 1.54) is 6.07 Å². The Hall–Kier alpha value is -2.30. The van der Waals surface area contributed by atoms with E-state index in [0.29, 0.717) is 5.69 Å². The zero-order chi connectivity index (χ0) is 13.1. The first-order valence-corrected chi connectivity index (χ1v) is 5.68. The highest BCUT2D eigenvalue weighted by Crippen LogP contribution is 2.20. The zero-order valence-corrected chi connectivity index (χ0v) is 10.3. The predicted molar refractivity (Wildman–Crippen MR) is 70.5 cm³/mol. The molecule has 0 aliphatic heterocycles. The van der Waals surface area contributed by atoms with Crippen LogP contribution in [0.25, 0.3) is 11.3 Å². The first kappa shape index (κ1) is 12.2. The maximum atomic E-state index is 11.3. The Kier molecular flexibility index (Phi) is 3.32. The van der Waals surface area contributed by atoms with Crippen LogP contribution in [-0.2, 0) is 0 Å². The summed E-state index contributed by atoms with van der Waals surface area (Å²) >= 11 is 0. The van der Waals surface area contributed by atoms with Crippen molar-refractivity contribution in [3.8, 4) is 17.0 Å². The highest BCUT2D eigenvalue weighted by atomic mass is 16.5. The molecule has 0 spiro atoms. The molecule has 0 aliphatic carbocycles. The number of aromatic amines is 1. The van der Waals surface area contributed by atoms with Gasteiger partial charge in [-0.2, -0.15) is 0 Å². The van der Waals surface area contributed by atoms with E-state index in [2.05, 4.69) is 9.97 Å². The van der Waals surface area contributed by atoms with E-state index in [9.17, 15) is 4.79 Å². The number of anilines is 1. The van der Waals surface area contributed by atoms with Gasteiger partial charge in [0.25, 0.3) is 5.56 Å². The maximum Gasteiger partial charge on any atom is 0.252 e. The van der Waals surface area contributed by atoms with Crippen LogP contribution in [0.4, 0.5) is 5.95 Å². The van der Waals surface area contributed by atoms with Crippen LogP contribution in [0.15, 0.2) is 35.1 Å². The fourth-order valence-corrected chi connectivity index (χ4v) is 1.60. The summed E-state index contributed by atoms with van der Waals surface area (Å²) in [5.74, 6) is 0.895. The van der Waals surface area contributed by atoms with E-state index in [1.807, 2.05) is 38.1 Å². The normalized spacial score (nSPS) is 10.6. The lowest BCUT2D eigenvalue weighted by atomic mass is 10.1. The molecule has 5 nitrogen and oxygen atoms in total. The third-order valence-electron chi connectivity index (χ3n) is 2.28. The molecular weight excluding hydrogens is 230 g/mol. The van der Waals surface area contributed by atoms with Gasteiger partial charge in [-0.3, -0.25) is 9.78 Å². The van der Waals surface area contributed by atoms with Crippen molar-refractivity contribution in [2.24, 2.45) is 0 Å². The SMILES string of the molecule is CC(C)Oc1ccc(-c2cc(=O)[nH]c(N)n2)cc1. The monoisotopic (exact) mass is 245 g/mol. The molecule has 0 bridgehead atoms. The molecule has 0 aliphatic rings. The molecule has 3 N–H and O–H groups in total. The summed E-state index contributed by atoms with van der Waals surface area (Å²) in [4.78, 5) is 17.8. The van der Waals surface area contributed by atoms with Crippen LogP contribution in [0, 0.1) is 0 Å². The largest absolute Gasteiger partial charge is 0.491 e. The Labute approximate surface area is 105 Å². The van der Waals surface area contributed by atoms with Crippen molar-refractivity contribution >= 4 is 5.95 Å². The summed E-state index contributed by atoms with van der Waals surface area (Å²) in [6, 6.07) is 8.79. The third-order valence-corrected chi connectivity index (χ3v) is 2.28. The topological polar surface area (TPSA) is 81.0 Å². The first-order valence-electron chi connectivity index (χ1n) is 5.68. The summed E-state index contributed by atoms with van der Waals surface area (Å²) in [6.45, 7) is 3.93. The molecule has 0 atom stereocenters. The van der Waals surface area contributed by atoms with E-state index in [4.69, 9.17) is 10.5 Å². The molecule has 18 heavy (non-hydrogen) atoms. The van der Waals surface area contributed by atoms with E-state index in [0.717, 1.165) is 11.3 Å². The van der Waals surface area contributed by atoms with Crippen LogP contribution in [0.3, 0.4) is 0 Å². The molecule has 1 aromatic carbocycles. The minimum Gasteiger partial charge on any atom is -0.491 e. The van der Waals surface area contributed by atoms with E-state index in [-0.39, 0.29) is 17.6 Å². The molecule has 0 fully saturated rings. The van der Waals surface area contributed by atoms with E-state index < -0.39 is 0 Å². The number of nitrogens with two attached hydrogens (primary N) is 1. The molecule has 0 saturated heterocycles. The van der Waals surface area contributed by atoms with Gasteiger partial charge >= 0.3 is 0 Å². The van der Waals surface area contributed by atoms with Crippen LogP contribution < -0.4 is 16.0 Å². The predicted octanol–water partition coefficient (Wildman–Crippen LogP) is 1.81. The summed E-state index contributed by atoms with van der Waals surface area (Å²) < 4.78 is 5.54. The van der Waals surface area contributed by atoms with Crippen molar-refractivity contribution in [3.63, 3.8) is 0 Å². The Balaban J connectivity index is 2.31. The van der Waals surface area contributed by atoms with Crippen molar-refractivity contribution in [2.45, 2.75) is 20.0 Å². The molecule has 1 heterocycles. The number of nitrogens with one attached hydrogen (secondary N) is 1. The average Bonchev–Trinajstić information content (AvgIpc) is 2.27. The number of nitrogens with zero attached hydrogens (tertiary/aromatic N) is 1. The van der Waals surface area contributed by atoms with Gasteiger partial charge in [-0.15, -0.1) is 0 Å². The summed E-state index contributed by atoms with van der Waals surface area (Å²) in [6.07, 6.45) is 0.129. The first-order chi connectivity index (χ1) is 8.54. The van der Waals surface area contributed by atoms with E-state index in [1.54, 1.807) is 0 Å². The van der Waals surface area contributed by atoms with Crippen LogP contribution in [0.1, 0.15) is 13.8 Å². The van der Waals surface area contributed by atoms with Crippen LogP contribution in [0.2, 0.25) is 0 Å². The Morgan fingerprint density at radius 2 is 1.94 bits per heavy atom. The molecule has 0 saturated carbocycles. The lowest BCUT2D eigenvalue weighted by molar-refractivity contribution is 0.242. The zero-order valence-electron chi connectivity index (χ0n) is 10.3. The minimum absolute atomic E-state index is 0.111. The fourth-order valence-electron chi connectivity index (χ4n) is 1.60. The number of benzene rings is 1. The lowest BCUT2D eigenvalue weighted by Crippen LogP contribution is -2.10. The highest BCUT2D eigenvalue weighted by Gasteiger charge is 2.03. The van der Waals surface area contributed by atoms with Gasteiger partial charge in [0.05, 0.1) is 11.8 Å². The van der Waals surface area contributed by atoms with Gasteiger partial charge in [-0.1, -0.05) is 0 Å². The van der Waals surface area contributed by atoms with Gasteiger partial charge < -0.3 is 10.5 Å². The molecule has 94 valence electrons. The summed E-state index contributed by atoms with van der Waals surface area (Å²) in [5.41, 5.74) is 6.61.